The molecular formula is C11H22NO+. The van der Waals surface area contributed by atoms with E-state index in [1.165, 1.54) is 0 Å². The second kappa shape index (κ2) is 5.92. The molecule has 0 aromatic rings. The quantitative estimate of drug-likeness (QED) is 0.457. The van der Waals surface area contributed by atoms with Gasteiger partial charge < -0.3 is 0 Å². The number of carbonyl (C=O) groups excluding carboxylic acids is 1. The molecule has 0 aromatic heterocycles. The molecule has 1 amide bonds. The van der Waals surface area contributed by atoms with Gasteiger partial charge in [-0.05, 0) is 18.9 Å². The van der Waals surface area contributed by atoms with Gasteiger partial charge in [-0.25, -0.2) is 4.79 Å². The number of nitrogens with zero attached hydrogens (tertiary/aromatic N) is 1. The predicted molar refractivity (Wildman–Crippen MR) is 56.3 cm³/mol. The van der Waals surface area contributed by atoms with Crippen molar-refractivity contribution in [3.8, 4) is 0 Å². The fourth-order valence-electron chi connectivity index (χ4n) is 1.84. The summed E-state index contributed by atoms with van der Waals surface area (Å²) in [5.41, 5.74) is 0. The lowest BCUT2D eigenvalue weighted by Gasteiger charge is -2.33. The van der Waals surface area contributed by atoms with Gasteiger partial charge in [0.05, 0.1) is 20.0 Å². The highest BCUT2D eigenvalue weighted by Gasteiger charge is 2.29. The van der Waals surface area contributed by atoms with Crippen molar-refractivity contribution in [1.82, 2.24) is 0 Å². The van der Waals surface area contributed by atoms with Gasteiger partial charge in [0.15, 0.2) is 0 Å². The molecule has 0 unspecified atom stereocenters. The predicted octanol–water partition coefficient (Wildman–Crippen LogP) is 2.36. The van der Waals surface area contributed by atoms with Gasteiger partial charge in [-0.3, -0.25) is 4.48 Å². The fourth-order valence-corrected chi connectivity index (χ4v) is 1.84. The number of amides is 1. The third kappa shape index (κ3) is 3.31. The zero-order valence-corrected chi connectivity index (χ0v) is 9.18. The van der Waals surface area contributed by atoms with E-state index in [1.54, 1.807) is 6.92 Å². The normalized spacial score (nSPS) is 11.3. The number of hydrogen-bond donors (Lipinski definition) is 0. The van der Waals surface area contributed by atoms with Crippen molar-refractivity contribution in [1.29, 1.82) is 0 Å². The molecule has 0 saturated carbocycles. The van der Waals surface area contributed by atoms with Crippen molar-refractivity contribution < 1.29 is 9.28 Å². The fraction of sp³-hybridized carbons (Fsp3) is 0.727. The summed E-state index contributed by atoms with van der Waals surface area (Å²) in [6.07, 6.45) is 3.95. The molecule has 0 N–H and O–H groups in total. The third-order valence-corrected chi connectivity index (χ3v) is 2.45. The molecule has 0 fully saturated rings. The molecule has 0 bridgehead atoms. The van der Waals surface area contributed by atoms with Crippen LogP contribution in [0, 0.1) is 0 Å². The maximum absolute atomic E-state index is 11.6. The Balaban J connectivity index is 4.57. The number of hydrogen-bond acceptors (Lipinski definition) is 1. The lowest BCUT2D eigenvalue weighted by atomic mass is 10.2. The van der Waals surface area contributed by atoms with Gasteiger partial charge in [-0.1, -0.05) is 20.4 Å². The van der Waals surface area contributed by atoms with Crippen LogP contribution in [0.4, 0.5) is 0 Å². The highest BCUT2D eigenvalue weighted by atomic mass is 16.2. The zero-order valence-electron chi connectivity index (χ0n) is 9.18. The van der Waals surface area contributed by atoms with Crippen LogP contribution >= 0.6 is 0 Å². The third-order valence-electron chi connectivity index (χ3n) is 2.45. The minimum atomic E-state index is 0.267. The van der Waals surface area contributed by atoms with Crippen molar-refractivity contribution in [2.45, 2.75) is 33.6 Å². The Morgan fingerprint density at radius 1 is 1.31 bits per heavy atom. The van der Waals surface area contributed by atoms with E-state index >= 15 is 0 Å². The van der Waals surface area contributed by atoms with E-state index < -0.39 is 0 Å². The Morgan fingerprint density at radius 2 is 1.77 bits per heavy atom. The first-order valence-electron chi connectivity index (χ1n) is 5.11. The van der Waals surface area contributed by atoms with Crippen LogP contribution in [-0.2, 0) is 4.79 Å². The molecular weight excluding hydrogens is 162 g/mol. The summed E-state index contributed by atoms with van der Waals surface area (Å²) >= 11 is 0. The van der Waals surface area contributed by atoms with Gasteiger partial charge in [-0.15, -0.1) is 0 Å². The maximum atomic E-state index is 11.6. The molecule has 0 aromatic carbocycles. The van der Waals surface area contributed by atoms with Gasteiger partial charge in [0.25, 0.3) is 0 Å². The van der Waals surface area contributed by atoms with Crippen molar-refractivity contribution in [2.75, 3.05) is 19.6 Å². The Labute approximate surface area is 81.8 Å². The second-order valence-electron chi connectivity index (χ2n) is 3.58. The Hall–Kier alpha value is -0.630. The summed E-state index contributed by atoms with van der Waals surface area (Å²) < 4.78 is 0.580. The van der Waals surface area contributed by atoms with Crippen LogP contribution in [0.5, 0.6) is 0 Å². The molecule has 76 valence electrons. The topological polar surface area (TPSA) is 17.1 Å². The average molecular weight is 184 g/mol. The van der Waals surface area contributed by atoms with E-state index in [1.807, 2.05) is 6.08 Å². The SMILES string of the molecule is C=CC[N+](CCC)(CCC)C(C)=O. The Kier molecular flexibility index (Phi) is 5.63. The molecule has 0 radical (unpaired) electrons. The molecule has 2 heteroatoms. The zero-order chi connectivity index (χ0) is 10.3. The molecule has 0 aliphatic carbocycles. The van der Waals surface area contributed by atoms with E-state index in [-0.39, 0.29) is 5.91 Å². The molecule has 0 saturated heterocycles. The summed E-state index contributed by atoms with van der Waals surface area (Å²) in [6, 6.07) is 0. The molecule has 13 heavy (non-hydrogen) atoms. The second-order valence-corrected chi connectivity index (χ2v) is 3.58. The molecule has 0 spiro atoms. The van der Waals surface area contributed by atoms with Gasteiger partial charge in [0.2, 0.25) is 0 Å². The standard InChI is InChI=1S/C11H22NO/c1-5-8-12(9-6-2,10-7-3)11(4)13/h5H,1,6-10H2,2-4H3/q+1. The summed E-state index contributed by atoms with van der Waals surface area (Å²) in [7, 11) is 0. The molecule has 0 rings (SSSR count). The molecule has 2 nitrogen and oxygen atoms in total. The van der Waals surface area contributed by atoms with Crippen molar-refractivity contribution in [2.24, 2.45) is 0 Å². The monoisotopic (exact) mass is 184 g/mol. The van der Waals surface area contributed by atoms with Crippen LogP contribution in [0.2, 0.25) is 0 Å². The van der Waals surface area contributed by atoms with Gasteiger partial charge in [0, 0.05) is 0 Å². The first-order valence-corrected chi connectivity index (χ1v) is 5.11. The van der Waals surface area contributed by atoms with E-state index in [9.17, 15) is 4.79 Å². The van der Waals surface area contributed by atoms with Gasteiger partial charge in [-0.2, -0.15) is 0 Å². The number of rotatable bonds is 6. The van der Waals surface area contributed by atoms with Crippen molar-refractivity contribution in [3.63, 3.8) is 0 Å². The lowest BCUT2D eigenvalue weighted by molar-refractivity contribution is -0.848. The van der Waals surface area contributed by atoms with Crippen molar-refractivity contribution >= 4 is 5.91 Å². The average Bonchev–Trinajstić information content (AvgIpc) is 2.05. The Morgan fingerprint density at radius 3 is 2.00 bits per heavy atom. The van der Waals surface area contributed by atoms with E-state index in [0.717, 1.165) is 32.5 Å². The smallest absolute Gasteiger partial charge is 0.258 e. The minimum Gasteiger partial charge on any atom is -0.258 e. The van der Waals surface area contributed by atoms with Crippen LogP contribution in [-0.4, -0.2) is 30.0 Å². The highest BCUT2D eigenvalue weighted by molar-refractivity contribution is 5.65. The van der Waals surface area contributed by atoms with E-state index in [4.69, 9.17) is 0 Å². The largest absolute Gasteiger partial charge is 0.310 e. The first kappa shape index (κ1) is 12.4. The van der Waals surface area contributed by atoms with Crippen LogP contribution in [0.3, 0.4) is 0 Å². The molecule has 0 aliphatic heterocycles. The van der Waals surface area contributed by atoms with Crippen LogP contribution in [0.1, 0.15) is 33.6 Å². The van der Waals surface area contributed by atoms with Gasteiger partial charge in [0.1, 0.15) is 6.54 Å². The maximum Gasteiger partial charge on any atom is 0.310 e. The molecule has 0 aliphatic rings. The van der Waals surface area contributed by atoms with E-state index in [2.05, 4.69) is 20.4 Å². The van der Waals surface area contributed by atoms with Crippen LogP contribution in [0.15, 0.2) is 12.7 Å². The number of quaternary nitrogens is 1. The molecule has 0 atom stereocenters. The van der Waals surface area contributed by atoms with Crippen LogP contribution in [0.25, 0.3) is 0 Å². The summed E-state index contributed by atoms with van der Waals surface area (Å²) in [4.78, 5) is 11.6. The first-order chi connectivity index (χ1) is 6.13. The number of carbonyl (C=O) groups is 1. The van der Waals surface area contributed by atoms with E-state index in [0.29, 0.717) is 4.48 Å². The van der Waals surface area contributed by atoms with Gasteiger partial charge >= 0.3 is 5.91 Å². The summed E-state index contributed by atoms with van der Waals surface area (Å²) in [5, 5.41) is 0. The van der Waals surface area contributed by atoms with Crippen LogP contribution < -0.4 is 0 Å². The summed E-state index contributed by atoms with van der Waals surface area (Å²) in [6.45, 7) is 12.3. The highest BCUT2D eigenvalue weighted by Crippen LogP contribution is 2.10. The lowest BCUT2D eigenvalue weighted by Crippen LogP contribution is -2.52. The summed E-state index contributed by atoms with van der Waals surface area (Å²) in [5.74, 6) is 0.267. The minimum absolute atomic E-state index is 0.267. The van der Waals surface area contributed by atoms with Crippen molar-refractivity contribution in [3.05, 3.63) is 12.7 Å². The Bertz CT molecular complexity index is 169. The molecule has 0 heterocycles.